The molecule has 90 valence electrons. The van der Waals surface area contributed by atoms with E-state index in [-0.39, 0.29) is 10.7 Å². The summed E-state index contributed by atoms with van der Waals surface area (Å²) >= 11 is 0. The van der Waals surface area contributed by atoms with E-state index in [9.17, 15) is 8.42 Å². The van der Waals surface area contributed by atoms with Crippen molar-refractivity contribution in [3.63, 3.8) is 0 Å². The van der Waals surface area contributed by atoms with E-state index < -0.39 is 10.0 Å². The number of nitrogens with zero attached hydrogens (tertiary/aromatic N) is 1. The normalized spacial score (nSPS) is 11.4. The zero-order chi connectivity index (χ0) is 12.5. The summed E-state index contributed by atoms with van der Waals surface area (Å²) in [5, 5.41) is 3.48. The van der Waals surface area contributed by atoms with E-state index in [0.29, 0.717) is 5.69 Å². The first-order valence-electron chi connectivity index (χ1n) is 4.78. The number of nitrogen functional groups attached to an aromatic ring is 1. The molecule has 0 unspecified atom stereocenters. The molecule has 2 rings (SSSR count). The molecule has 3 N–H and O–H groups in total. The molecule has 6 nitrogen and oxygen atoms in total. The maximum Gasteiger partial charge on any atom is 0.263 e. The molecule has 0 aliphatic rings. The highest BCUT2D eigenvalue weighted by molar-refractivity contribution is 7.92. The number of sulfonamides is 1. The van der Waals surface area contributed by atoms with Crippen molar-refractivity contribution in [1.82, 2.24) is 5.16 Å². The highest BCUT2D eigenvalue weighted by Gasteiger charge is 2.16. The third-order valence-corrected chi connectivity index (χ3v) is 3.39. The van der Waals surface area contributed by atoms with Crippen LogP contribution in [0.5, 0.6) is 0 Å². The Morgan fingerprint density at radius 1 is 1.35 bits per heavy atom. The summed E-state index contributed by atoms with van der Waals surface area (Å²) in [5.74, 6) is 0.130. The van der Waals surface area contributed by atoms with Crippen LogP contribution in [0.3, 0.4) is 0 Å². The van der Waals surface area contributed by atoms with Gasteiger partial charge in [0.2, 0.25) is 0 Å². The molecular formula is C10H11N3O3S. The lowest BCUT2D eigenvalue weighted by Gasteiger charge is -2.06. The lowest BCUT2D eigenvalue weighted by atomic mass is 10.2. The van der Waals surface area contributed by atoms with Crippen LogP contribution in [0.1, 0.15) is 5.56 Å². The maximum absolute atomic E-state index is 12.0. The second-order valence-electron chi connectivity index (χ2n) is 3.57. The van der Waals surface area contributed by atoms with Gasteiger partial charge in [0.25, 0.3) is 10.0 Å². The second-order valence-corrected chi connectivity index (χ2v) is 5.25. The fourth-order valence-electron chi connectivity index (χ4n) is 1.39. The molecule has 0 amide bonds. The number of anilines is 2. The molecule has 0 radical (unpaired) electrons. The van der Waals surface area contributed by atoms with Crippen molar-refractivity contribution in [2.45, 2.75) is 11.8 Å². The molecule has 0 saturated heterocycles. The van der Waals surface area contributed by atoms with Gasteiger partial charge in [-0.1, -0.05) is 5.16 Å². The van der Waals surface area contributed by atoms with Crippen molar-refractivity contribution in [3.8, 4) is 0 Å². The van der Waals surface area contributed by atoms with E-state index in [2.05, 4.69) is 14.4 Å². The van der Waals surface area contributed by atoms with Crippen LogP contribution in [0, 0.1) is 6.92 Å². The summed E-state index contributed by atoms with van der Waals surface area (Å²) in [5.41, 5.74) is 6.77. The monoisotopic (exact) mass is 253 g/mol. The molecule has 0 aliphatic heterocycles. The van der Waals surface area contributed by atoms with Crippen molar-refractivity contribution in [2.24, 2.45) is 0 Å². The third-order valence-electron chi connectivity index (χ3n) is 2.06. The zero-order valence-electron chi connectivity index (χ0n) is 9.04. The molecule has 0 atom stereocenters. The summed E-state index contributed by atoms with van der Waals surface area (Å²) in [6, 6.07) is 6.01. The number of rotatable bonds is 3. The van der Waals surface area contributed by atoms with Crippen LogP contribution in [0.2, 0.25) is 0 Å². The quantitative estimate of drug-likeness (QED) is 0.805. The number of aryl methyl sites for hydroxylation is 1. The molecule has 1 heterocycles. The molecule has 7 heteroatoms. The van der Waals surface area contributed by atoms with E-state index >= 15 is 0 Å². The van der Waals surface area contributed by atoms with E-state index in [1.165, 1.54) is 24.5 Å². The number of aromatic nitrogens is 1. The van der Waals surface area contributed by atoms with Gasteiger partial charge in [0.05, 0.1) is 4.90 Å². The lowest BCUT2D eigenvalue weighted by molar-refractivity contribution is 0.423. The van der Waals surface area contributed by atoms with E-state index in [4.69, 9.17) is 5.73 Å². The Bertz CT molecular complexity index is 600. The van der Waals surface area contributed by atoms with Gasteiger partial charge in [-0.2, -0.15) is 0 Å². The Morgan fingerprint density at radius 3 is 2.71 bits per heavy atom. The SMILES string of the molecule is Cc1cc(N)cc(S(=O)(=O)Nc2ccon2)c1. The fraction of sp³-hybridized carbons (Fsp3) is 0.100. The first kappa shape index (κ1) is 11.5. The Labute approximate surface area is 98.5 Å². The van der Waals surface area contributed by atoms with E-state index in [1.807, 2.05) is 0 Å². The molecule has 0 saturated carbocycles. The predicted molar refractivity (Wildman–Crippen MR) is 62.9 cm³/mol. The fourth-order valence-corrected chi connectivity index (χ4v) is 2.52. The molecule has 0 aliphatic carbocycles. The minimum absolute atomic E-state index is 0.0954. The Morgan fingerprint density at radius 2 is 2.12 bits per heavy atom. The summed E-state index contributed by atoms with van der Waals surface area (Å²) in [4.78, 5) is 0.0954. The smallest absolute Gasteiger partial charge is 0.263 e. The Balaban J connectivity index is 2.38. The van der Waals surface area contributed by atoms with Gasteiger partial charge in [-0.3, -0.25) is 4.72 Å². The highest BCUT2D eigenvalue weighted by atomic mass is 32.2. The molecule has 1 aromatic heterocycles. The van der Waals surface area contributed by atoms with Crippen LogP contribution in [-0.2, 0) is 10.0 Å². The third kappa shape index (κ3) is 2.56. The highest BCUT2D eigenvalue weighted by Crippen LogP contribution is 2.18. The average Bonchev–Trinajstić information content (AvgIpc) is 2.68. The van der Waals surface area contributed by atoms with Gasteiger partial charge in [0.1, 0.15) is 6.26 Å². The zero-order valence-corrected chi connectivity index (χ0v) is 9.86. The molecule has 2 aromatic rings. The van der Waals surface area contributed by atoms with Crippen LogP contribution in [0.25, 0.3) is 0 Å². The van der Waals surface area contributed by atoms with Crippen molar-refractivity contribution in [1.29, 1.82) is 0 Å². The van der Waals surface area contributed by atoms with Gasteiger partial charge in [-0.15, -0.1) is 0 Å². The average molecular weight is 253 g/mol. The van der Waals surface area contributed by atoms with Crippen LogP contribution >= 0.6 is 0 Å². The number of hydrogen-bond donors (Lipinski definition) is 2. The number of nitrogens with two attached hydrogens (primary N) is 1. The second kappa shape index (κ2) is 4.10. The molecule has 1 aromatic carbocycles. The van der Waals surface area contributed by atoms with Crippen molar-refractivity contribution < 1.29 is 12.9 Å². The van der Waals surface area contributed by atoms with Crippen LogP contribution in [0.15, 0.2) is 39.9 Å². The summed E-state index contributed by atoms with van der Waals surface area (Å²) in [6.45, 7) is 1.77. The largest absolute Gasteiger partial charge is 0.399 e. The van der Waals surface area contributed by atoms with Gasteiger partial charge in [0, 0.05) is 11.8 Å². The van der Waals surface area contributed by atoms with Crippen molar-refractivity contribution in [2.75, 3.05) is 10.5 Å². The first-order chi connectivity index (χ1) is 7.97. The summed E-state index contributed by atoms with van der Waals surface area (Å²) in [7, 11) is -3.68. The molecule has 0 spiro atoms. The van der Waals surface area contributed by atoms with Crippen molar-refractivity contribution >= 4 is 21.5 Å². The first-order valence-corrected chi connectivity index (χ1v) is 6.26. The number of hydrogen-bond acceptors (Lipinski definition) is 5. The number of nitrogens with one attached hydrogen (secondary N) is 1. The summed E-state index contributed by atoms with van der Waals surface area (Å²) in [6.07, 6.45) is 1.28. The van der Waals surface area contributed by atoms with Crippen LogP contribution in [0.4, 0.5) is 11.5 Å². The van der Waals surface area contributed by atoms with Gasteiger partial charge >= 0.3 is 0 Å². The minimum atomic E-state index is -3.68. The van der Waals surface area contributed by atoms with E-state index in [1.54, 1.807) is 13.0 Å². The maximum atomic E-state index is 12.0. The minimum Gasteiger partial charge on any atom is -0.399 e. The topological polar surface area (TPSA) is 98.2 Å². The van der Waals surface area contributed by atoms with Gasteiger partial charge in [-0.25, -0.2) is 8.42 Å². The van der Waals surface area contributed by atoms with Crippen LogP contribution < -0.4 is 10.5 Å². The van der Waals surface area contributed by atoms with Crippen LogP contribution in [-0.4, -0.2) is 13.6 Å². The lowest BCUT2D eigenvalue weighted by Crippen LogP contribution is -2.13. The standard InChI is InChI=1S/C10H11N3O3S/c1-7-4-8(11)6-9(5-7)17(14,15)13-10-2-3-16-12-10/h2-6H,11H2,1H3,(H,12,13). The summed E-state index contributed by atoms with van der Waals surface area (Å²) < 4.78 is 30.7. The van der Waals surface area contributed by atoms with Gasteiger partial charge < -0.3 is 10.3 Å². The molecular weight excluding hydrogens is 242 g/mol. The predicted octanol–water partition coefficient (Wildman–Crippen LogP) is 1.37. The molecule has 0 fully saturated rings. The Kier molecular flexibility index (Phi) is 2.76. The Hall–Kier alpha value is -2.02. The van der Waals surface area contributed by atoms with E-state index in [0.717, 1.165) is 5.56 Å². The van der Waals surface area contributed by atoms with Gasteiger partial charge in [0.15, 0.2) is 5.82 Å². The van der Waals surface area contributed by atoms with Crippen molar-refractivity contribution in [3.05, 3.63) is 36.1 Å². The molecule has 0 bridgehead atoms. The van der Waals surface area contributed by atoms with Gasteiger partial charge in [-0.05, 0) is 30.7 Å². The number of benzene rings is 1. The molecule has 17 heavy (non-hydrogen) atoms.